The molecule has 1 saturated heterocycles. The van der Waals surface area contributed by atoms with E-state index >= 15 is 0 Å². The first-order valence-electron chi connectivity index (χ1n) is 5.57. The number of hydrogen-bond donors (Lipinski definition) is 0. The van der Waals surface area contributed by atoms with Crippen molar-refractivity contribution in [2.75, 3.05) is 0 Å². The molecule has 1 fully saturated rings. The third-order valence-electron chi connectivity index (χ3n) is 2.59. The normalized spacial score (nSPS) is 24.8. The number of hydrogen-bond acceptors (Lipinski definition) is 3. The number of carbonyl (C=O) groups is 1. The molecule has 86 valence electrons. The van der Waals surface area contributed by atoms with Crippen LogP contribution in [-0.2, 0) is 14.3 Å². The zero-order valence-electron chi connectivity index (χ0n) is 9.55. The van der Waals surface area contributed by atoms with E-state index in [-0.39, 0.29) is 18.0 Å². The molecule has 0 aliphatic carbocycles. The van der Waals surface area contributed by atoms with Crippen molar-refractivity contribution >= 4 is 5.97 Å². The van der Waals surface area contributed by atoms with Gasteiger partial charge in [-0.1, -0.05) is 30.3 Å². The minimum absolute atomic E-state index is 0.0762. The van der Waals surface area contributed by atoms with Crippen LogP contribution in [0.5, 0.6) is 0 Å². The van der Waals surface area contributed by atoms with Gasteiger partial charge in [-0.05, 0) is 19.4 Å². The molecule has 16 heavy (non-hydrogen) atoms. The number of ether oxygens (including phenoxy) is 2. The fourth-order valence-electron chi connectivity index (χ4n) is 1.89. The highest BCUT2D eigenvalue weighted by atomic mass is 16.7. The van der Waals surface area contributed by atoms with Crippen LogP contribution in [0.25, 0.3) is 0 Å². The molecule has 1 aliphatic rings. The standard InChI is InChI=1S/C13H16O3/c1-9(2)15-12-8-11(13(14)16-12)10-6-4-3-5-7-10/h3-7,9,11-12H,8H2,1-2H3/t11-,12-/m1/s1. The first-order chi connectivity index (χ1) is 7.66. The lowest BCUT2D eigenvalue weighted by Gasteiger charge is -2.13. The summed E-state index contributed by atoms with van der Waals surface area (Å²) in [6.45, 7) is 3.87. The van der Waals surface area contributed by atoms with E-state index in [9.17, 15) is 4.79 Å². The van der Waals surface area contributed by atoms with Gasteiger partial charge in [0.25, 0.3) is 0 Å². The van der Waals surface area contributed by atoms with E-state index in [2.05, 4.69) is 0 Å². The number of benzene rings is 1. The number of esters is 1. The van der Waals surface area contributed by atoms with Crippen molar-refractivity contribution in [3.05, 3.63) is 35.9 Å². The van der Waals surface area contributed by atoms with Crippen LogP contribution in [0.4, 0.5) is 0 Å². The van der Waals surface area contributed by atoms with Crippen LogP contribution in [0.15, 0.2) is 30.3 Å². The summed E-state index contributed by atoms with van der Waals surface area (Å²) in [7, 11) is 0. The largest absolute Gasteiger partial charge is 0.435 e. The van der Waals surface area contributed by atoms with E-state index in [1.807, 2.05) is 44.2 Å². The maximum Gasteiger partial charge on any atom is 0.315 e. The lowest BCUT2D eigenvalue weighted by molar-refractivity contribution is -0.169. The molecule has 0 bridgehead atoms. The Hall–Kier alpha value is -1.35. The van der Waals surface area contributed by atoms with Gasteiger partial charge in [0, 0.05) is 6.42 Å². The molecule has 0 N–H and O–H groups in total. The molecule has 0 saturated carbocycles. The van der Waals surface area contributed by atoms with Crippen LogP contribution < -0.4 is 0 Å². The average Bonchev–Trinajstić information content (AvgIpc) is 2.60. The summed E-state index contributed by atoms with van der Waals surface area (Å²) in [5.74, 6) is -0.359. The van der Waals surface area contributed by atoms with Crippen molar-refractivity contribution in [3.63, 3.8) is 0 Å². The molecule has 0 aromatic heterocycles. The Bertz CT molecular complexity index is 359. The van der Waals surface area contributed by atoms with Crippen molar-refractivity contribution < 1.29 is 14.3 Å². The van der Waals surface area contributed by atoms with E-state index in [0.29, 0.717) is 6.42 Å². The summed E-state index contributed by atoms with van der Waals surface area (Å²) in [5.41, 5.74) is 1.00. The van der Waals surface area contributed by atoms with E-state index < -0.39 is 6.29 Å². The molecule has 2 atom stereocenters. The molecule has 1 heterocycles. The second-order valence-corrected chi connectivity index (χ2v) is 4.25. The Labute approximate surface area is 95.4 Å². The van der Waals surface area contributed by atoms with E-state index in [1.54, 1.807) is 0 Å². The summed E-state index contributed by atoms with van der Waals surface area (Å²) in [4.78, 5) is 11.7. The monoisotopic (exact) mass is 220 g/mol. The quantitative estimate of drug-likeness (QED) is 0.734. The van der Waals surface area contributed by atoms with Gasteiger partial charge in [0.1, 0.15) is 0 Å². The molecule has 1 aliphatic heterocycles. The molecule has 0 unspecified atom stereocenters. The van der Waals surface area contributed by atoms with Crippen molar-refractivity contribution in [1.82, 2.24) is 0 Å². The van der Waals surface area contributed by atoms with Gasteiger partial charge in [0.15, 0.2) is 0 Å². The topological polar surface area (TPSA) is 35.5 Å². The van der Waals surface area contributed by atoms with Crippen LogP contribution in [0.3, 0.4) is 0 Å². The van der Waals surface area contributed by atoms with Gasteiger partial charge < -0.3 is 9.47 Å². The minimum atomic E-state index is -0.391. The molecule has 3 heteroatoms. The Balaban J connectivity index is 2.06. The lowest BCUT2D eigenvalue weighted by atomic mass is 9.98. The fraction of sp³-hybridized carbons (Fsp3) is 0.462. The van der Waals surface area contributed by atoms with Crippen molar-refractivity contribution in [1.29, 1.82) is 0 Å². The second-order valence-electron chi connectivity index (χ2n) is 4.25. The number of cyclic esters (lactones) is 1. The maximum atomic E-state index is 11.7. The SMILES string of the molecule is CC(C)O[C@H]1C[C@H](c2ccccc2)C(=O)O1. The predicted molar refractivity (Wildman–Crippen MR) is 59.9 cm³/mol. The zero-order chi connectivity index (χ0) is 11.5. The van der Waals surface area contributed by atoms with Gasteiger partial charge >= 0.3 is 5.97 Å². The zero-order valence-corrected chi connectivity index (χ0v) is 9.55. The molecule has 1 aromatic rings. The van der Waals surface area contributed by atoms with Gasteiger partial charge in [0.05, 0.1) is 12.0 Å². The molecule has 0 spiro atoms. The highest BCUT2D eigenvalue weighted by Gasteiger charge is 2.36. The predicted octanol–water partition coefficient (Wildman–Crippen LogP) is 2.47. The van der Waals surface area contributed by atoms with Gasteiger partial charge in [-0.3, -0.25) is 4.79 Å². The van der Waals surface area contributed by atoms with E-state index in [1.165, 1.54) is 0 Å². The maximum absolute atomic E-state index is 11.7. The molecule has 1 aromatic carbocycles. The van der Waals surface area contributed by atoms with Crippen LogP contribution in [0, 0.1) is 0 Å². The Morgan fingerprint density at radius 1 is 1.31 bits per heavy atom. The Kier molecular flexibility index (Phi) is 3.25. The fourth-order valence-corrected chi connectivity index (χ4v) is 1.89. The molecule has 2 rings (SSSR count). The van der Waals surface area contributed by atoms with Gasteiger partial charge in [-0.15, -0.1) is 0 Å². The number of rotatable bonds is 3. The Morgan fingerprint density at radius 3 is 2.62 bits per heavy atom. The number of carbonyl (C=O) groups excluding carboxylic acids is 1. The summed E-state index contributed by atoms with van der Waals surface area (Å²) in [6.07, 6.45) is 0.297. The molecular weight excluding hydrogens is 204 g/mol. The Morgan fingerprint density at radius 2 is 2.00 bits per heavy atom. The van der Waals surface area contributed by atoms with Crippen molar-refractivity contribution in [3.8, 4) is 0 Å². The van der Waals surface area contributed by atoms with Crippen LogP contribution in [0.2, 0.25) is 0 Å². The van der Waals surface area contributed by atoms with Gasteiger partial charge in [-0.25, -0.2) is 0 Å². The average molecular weight is 220 g/mol. The highest BCUT2D eigenvalue weighted by Crippen LogP contribution is 2.31. The van der Waals surface area contributed by atoms with E-state index in [4.69, 9.17) is 9.47 Å². The summed E-state index contributed by atoms with van der Waals surface area (Å²) in [5, 5.41) is 0. The smallest absolute Gasteiger partial charge is 0.315 e. The third kappa shape index (κ3) is 2.42. The minimum Gasteiger partial charge on any atom is -0.435 e. The van der Waals surface area contributed by atoms with Crippen molar-refractivity contribution in [2.24, 2.45) is 0 Å². The van der Waals surface area contributed by atoms with Crippen LogP contribution >= 0.6 is 0 Å². The van der Waals surface area contributed by atoms with Crippen LogP contribution in [-0.4, -0.2) is 18.4 Å². The summed E-state index contributed by atoms with van der Waals surface area (Å²) < 4.78 is 10.7. The second kappa shape index (κ2) is 4.66. The lowest BCUT2D eigenvalue weighted by Crippen LogP contribution is -2.16. The van der Waals surface area contributed by atoms with Crippen LogP contribution in [0.1, 0.15) is 31.7 Å². The van der Waals surface area contributed by atoms with Gasteiger partial charge in [0.2, 0.25) is 6.29 Å². The van der Waals surface area contributed by atoms with E-state index in [0.717, 1.165) is 5.56 Å². The van der Waals surface area contributed by atoms with Crippen molar-refractivity contribution in [2.45, 2.75) is 38.6 Å². The molecular formula is C13H16O3. The molecule has 3 nitrogen and oxygen atoms in total. The first kappa shape index (κ1) is 11.1. The third-order valence-corrected chi connectivity index (χ3v) is 2.59. The summed E-state index contributed by atoms with van der Waals surface area (Å²) in [6, 6.07) is 9.69. The summed E-state index contributed by atoms with van der Waals surface area (Å²) >= 11 is 0. The molecule has 0 radical (unpaired) electrons. The highest BCUT2D eigenvalue weighted by molar-refractivity contribution is 5.80. The molecule has 0 amide bonds. The first-order valence-corrected chi connectivity index (χ1v) is 5.57. The van der Waals surface area contributed by atoms with Gasteiger partial charge in [-0.2, -0.15) is 0 Å².